The van der Waals surface area contributed by atoms with Gasteiger partial charge >= 0.3 is 0 Å². The van der Waals surface area contributed by atoms with Crippen LogP contribution in [0.3, 0.4) is 0 Å². The van der Waals surface area contributed by atoms with Gasteiger partial charge < -0.3 is 9.47 Å². The first-order valence-electron chi connectivity index (χ1n) is 6.01. The molecule has 1 aromatic carbocycles. The third-order valence-corrected chi connectivity index (χ3v) is 2.31. The fourth-order valence-electron chi connectivity index (χ4n) is 1.57. The topological polar surface area (TPSA) is 31.4 Å². The Morgan fingerprint density at radius 1 is 1.06 bits per heavy atom. The highest BCUT2D eigenvalue weighted by atomic mass is 16.5. The summed E-state index contributed by atoms with van der Waals surface area (Å²) in [6.45, 7) is 6.01. The summed E-state index contributed by atoms with van der Waals surface area (Å²) in [6, 6.07) is 11.4. The first-order chi connectivity index (χ1) is 8.65. The van der Waals surface area contributed by atoms with Crippen LogP contribution in [0.5, 0.6) is 17.4 Å². The van der Waals surface area contributed by atoms with Gasteiger partial charge in [-0.3, -0.25) is 0 Å². The van der Waals surface area contributed by atoms with Crippen LogP contribution < -0.4 is 9.47 Å². The average Bonchev–Trinajstić information content (AvgIpc) is 2.33. The molecule has 0 saturated heterocycles. The number of hydrogen-bond acceptors (Lipinski definition) is 3. The second-order valence-corrected chi connectivity index (χ2v) is 4.39. The molecule has 0 bridgehead atoms. The molecule has 0 amide bonds. The summed E-state index contributed by atoms with van der Waals surface area (Å²) in [5.41, 5.74) is 1.14. The lowest BCUT2D eigenvalue weighted by molar-refractivity contribution is 0.233. The van der Waals surface area contributed by atoms with Crippen LogP contribution >= 0.6 is 0 Å². The lowest BCUT2D eigenvalue weighted by Gasteiger charge is -2.14. The largest absolute Gasteiger partial charge is 0.487 e. The van der Waals surface area contributed by atoms with Crippen LogP contribution in [-0.2, 0) is 0 Å². The zero-order valence-electron chi connectivity index (χ0n) is 10.9. The van der Waals surface area contributed by atoms with Crippen LogP contribution in [0.1, 0.15) is 19.4 Å². The minimum atomic E-state index is 0.109. The molecular weight excluding hydrogens is 226 g/mol. The summed E-state index contributed by atoms with van der Waals surface area (Å²) < 4.78 is 11.5. The van der Waals surface area contributed by atoms with Crippen molar-refractivity contribution in [2.75, 3.05) is 0 Å². The molecule has 0 aliphatic heterocycles. The maximum absolute atomic E-state index is 5.75. The fourth-order valence-corrected chi connectivity index (χ4v) is 1.57. The Morgan fingerprint density at radius 2 is 1.89 bits per heavy atom. The Bertz CT molecular complexity index is 509. The number of ether oxygens (including phenoxy) is 2. The van der Waals surface area contributed by atoms with Crippen molar-refractivity contribution in [1.29, 1.82) is 0 Å². The highest BCUT2D eigenvalue weighted by molar-refractivity contribution is 5.44. The SMILES string of the molecule is Cc1ccc(Oc2ccccn2)c(OC(C)C)c1. The van der Waals surface area contributed by atoms with Gasteiger partial charge in [0.05, 0.1) is 6.10 Å². The average molecular weight is 243 g/mol. The molecule has 0 unspecified atom stereocenters. The highest BCUT2D eigenvalue weighted by Gasteiger charge is 2.08. The van der Waals surface area contributed by atoms with Crippen molar-refractivity contribution in [2.45, 2.75) is 26.9 Å². The van der Waals surface area contributed by atoms with E-state index in [9.17, 15) is 0 Å². The number of hydrogen-bond donors (Lipinski definition) is 0. The Kier molecular flexibility index (Phi) is 3.82. The van der Waals surface area contributed by atoms with Gasteiger partial charge in [0.25, 0.3) is 0 Å². The first kappa shape index (κ1) is 12.4. The molecular formula is C15H17NO2. The third-order valence-electron chi connectivity index (χ3n) is 2.31. The van der Waals surface area contributed by atoms with Gasteiger partial charge in [0, 0.05) is 12.3 Å². The molecule has 0 spiro atoms. The maximum Gasteiger partial charge on any atom is 0.219 e. The molecule has 0 fully saturated rings. The number of pyridine rings is 1. The molecule has 1 aromatic heterocycles. The molecule has 0 aliphatic carbocycles. The summed E-state index contributed by atoms with van der Waals surface area (Å²) in [6.07, 6.45) is 1.81. The summed E-state index contributed by atoms with van der Waals surface area (Å²) in [5.74, 6) is 2.00. The van der Waals surface area contributed by atoms with E-state index < -0.39 is 0 Å². The normalized spacial score (nSPS) is 10.4. The highest BCUT2D eigenvalue weighted by Crippen LogP contribution is 2.32. The molecule has 0 atom stereocenters. The second-order valence-electron chi connectivity index (χ2n) is 4.39. The van der Waals surface area contributed by atoms with E-state index in [2.05, 4.69) is 4.98 Å². The Hall–Kier alpha value is -2.03. The molecule has 3 heteroatoms. The number of benzene rings is 1. The van der Waals surface area contributed by atoms with Crippen molar-refractivity contribution in [3.8, 4) is 17.4 Å². The van der Waals surface area contributed by atoms with E-state index in [0.29, 0.717) is 11.6 Å². The predicted octanol–water partition coefficient (Wildman–Crippen LogP) is 3.97. The van der Waals surface area contributed by atoms with E-state index in [-0.39, 0.29) is 6.10 Å². The van der Waals surface area contributed by atoms with Gasteiger partial charge in [-0.25, -0.2) is 4.98 Å². The van der Waals surface area contributed by atoms with Gasteiger partial charge in [0.15, 0.2) is 11.5 Å². The van der Waals surface area contributed by atoms with E-state index in [1.165, 1.54) is 0 Å². The van der Waals surface area contributed by atoms with E-state index in [4.69, 9.17) is 9.47 Å². The minimum absolute atomic E-state index is 0.109. The predicted molar refractivity (Wildman–Crippen MR) is 71.3 cm³/mol. The van der Waals surface area contributed by atoms with Gasteiger partial charge in [-0.1, -0.05) is 12.1 Å². The van der Waals surface area contributed by atoms with E-state index >= 15 is 0 Å². The van der Waals surface area contributed by atoms with Crippen molar-refractivity contribution >= 4 is 0 Å². The number of aryl methyl sites for hydroxylation is 1. The van der Waals surface area contributed by atoms with Crippen molar-refractivity contribution in [1.82, 2.24) is 4.98 Å². The van der Waals surface area contributed by atoms with Crippen LogP contribution in [0.25, 0.3) is 0 Å². The minimum Gasteiger partial charge on any atom is -0.487 e. The molecule has 3 nitrogen and oxygen atoms in total. The van der Waals surface area contributed by atoms with Crippen LogP contribution in [0, 0.1) is 6.92 Å². The van der Waals surface area contributed by atoms with Gasteiger partial charge in [-0.05, 0) is 44.5 Å². The maximum atomic E-state index is 5.75. The van der Waals surface area contributed by atoms with Gasteiger partial charge in [0.2, 0.25) is 5.88 Å². The lowest BCUT2D eigenvalue weighted by Crippen LogP contribution is -2.06. The number of nitrogens with zero attached hydrogens (tertiary/aromatic N) is 1. The van der Waals surface area contributed by atoms with Gasteiger partial charge in [-0.15, -0.1) is 0 Å². The first-order valence-corrected chi connectivity index (χ1v) is 6.01. The summed E-state index contributed by atoms with van der Waals surface area (Å²) in [4.78, 5) is 4.14. The van der Waals surface area contributed by atoms with Crippen molar-refractivity contribution in [3.63, 3.8) is 0 Å². The quantitative estimate of drug-likeness (QED) is 0.814. The van der Waals surface area contributed by atoms with Crippen LogP contribution in [0.2, 0.25) is 0 Å². The molecule has 18 heavy (non-hydrogen) atoms. The molecule has 0 N–H and O–H groups in total. The Balaban J connectivity index is 2.26. The standard InChI is InChI=1S/C15H17NO2/c1-11(2)17-14-10-12(3)7-8-13(14)18-15-6-4-5-9-16-15/h4-11H,1-3H3. The molecule has 0 radical (unpaired) electrons. The molecule has 0 saturated carbocycles. The molecule has 94 valence electrons. The fraction of sp³-hybridized carbons (Fsp3) is 0.267. The number of rotatable bonds is 4. The van der Waals surface area contributed by atoms with Crippen LogP contribution in [0.15, 0.2) is 42.6 Å². The van der Waals surface area contributed by atoms with Gasteiger partial charge in [-0.2, -0.15) is 0 Å². The summed E-state index contributed by atoms with van der Waals surface area (Å²) >= 11 is 0. The molecule has 1 heterocycles. The molecule has 0 aliphatic rings. The second kappa shape index (κ2) is 5.54. The third kappa shape index (κ3) is 3.23. The zero-order valence-corrected chi connectivity index (χ0v) is 10.9. The van der Waals surface area contributed by atoms with E-state index in [1.54, 1.807) is 6.20 Å². The zero-order chi connectivity index (χ0) is 13.0. The van der Waals surface area contributed by atoms with Crippen molar-refractivity contribution in [2.24, 2.45) is 0 Å². The van der Waals surface area contributed by atoms with Crippen LogP contribution in [0.4, 0.5) is 0 Å². The Morgan fingerprint density at radius 3 is 2.56 bits per heavy atom. The molecule has 2 rings (SSSR count). The lowest BCUT2D eigenvalue weighted by atomic mass is 10.2. The smallest absolute Gasteiger partial charge is 0.219 e. The Labute approximate surface area is 107 Å². The number of aromatic nitrogens is 1. The van der Waals surface area contributed by atoms with E-state index in [0.717, 1.165) is 11.3 Å². The van der Waals surface area contributed by atoms with Crippen molar-refractivity contribution in [3.05, 3.63) is 48.2 Å². The summed E-state index contributed by atoms with van der Waals surface area (Å²) in [5, 5.41) is 0. The van der Waals surface area contributed by atoms with E-state index in [1.807, 2.05) is 57.2 Å². The monoisotopic (exact) mass is 243 g/mol. The van der Waals surface area contributed by atoms with Crippen molar-refractivity contribution < 1.29 is 9.47 Å². The summed E-state index contributed by atoms with van der Waals surface area (Å²) in [7, 11) is 0. The van der Waals surface area contributed by atoms with Crippen LogP contribution in [-0.4, -0.2) is 11.1 Å². The molecule has 2 aromatic rings. The van der Waals surface area contributed by atoms with Gasteiger partial charge in [0.1, 0.15) is 0 Å².